The topological polar surface area (TPSA) is 0 Å². The van der Waals surface area contributed by atoms with Gasteiger partial charge in [-0.1, -0.05) is 0 Å². The molecule has 0 atom stereocenters. The van der Waals surface area contributed by atoms with Crippen LogP contribution >= 0.6 is 57.8 Å². The molecule has 0 aromatic rings. The van der Waals surface area contributed by atoms with Crippen LogP contribution in [0, 0.1) is 0 Å². The van der Waals surface area contributed by atoms with E-state index in [4.69, 9.17) is 53.4 Å². The highest BCUT2D eigenvalue weighted by Crippen LogP contribution is 3.06. The number of rotatable bonds is 0. The Kier molecular flexibility index (Phi) is 1.61. The maximum atomic E-state index is 5.22. The Labute approximate surface area is 63.8 Å². The van der Waals surface area contributed by atoms with Crippen LogP contribution in [0.1, 0.15) is 0 Å². The van der Waals surface area contributed by atoms with E-state index in [9.17, 15) is 0 Å². The third kappa shape index (κ3) is 81.0. The van der Waals surface area contributed by atoms with Crippen LogP contribution in [0.3, 0.4) is 0 Å². The van der Waals surface area contributed by atoms with Crippen molar-refractivity contribution >= 4 is 57.8 Å². The lowest BCUT2D eigenvalue weighted by atomic mass is 12.0. The van der Waals surface area contributed by atoms with E-state index in [1.54, 1.807) is 0 Å². The molecule has 0 heterocycles. The van der Waals surface area contributed by atoms with Gasteiger partial charge < -0.3 is 0 Å². The molecule has 0 aliphatic heterocycles. The summed E-state index contributed by atoms with van der Waals surface area (Å²) in [5.74, 6) is 0. The highest BCUT2D eigenvalue weighted by molar-refractivity contribution is 9.23. The number of hydrogen-bond donors (Lipinski definition) is 0. The fourth-order valence-electron chi connectivity index (χ4n) is 0. The van der Waals surface area contributed by atoms with Crippen LogP contribution in [0.25, 0.3) is 0 Å². The molecule has 0 rings (SSSR count). The first-order chi connectivity index (χ1) is 2.45. The first-order valence-corrected chi connectivity index (χ1v) is 8.17. The lowest BCUT2D eigenvalue weighted by Crippen LogP contribution is -1.88. The van der Waals surface area contributed by atoms with Gasteiger partial charge in [-0.25, -0.2) is 0 Å². The molecule has 0 spiro atoms. The molecular formula is CH3Cl5S. The summed E-state index contributed by atoms with van der Waals surface area (Å²) in [4.78, 5) is 0. The van der Waals surface area contributed by atoms with Crippen molar-refractivity contribution in [2.45, 2.75) is 0 Å². The highest BCUT2D eigenvalue weighted by Gasteiger charge is 2.45. The SMILES string of the molecule is CS(Cl)(Cl)(Cl)(Cl)Cl. The lowest BCUT2D eigenvalue weighted by molar-refractivity contribution is 2.48. The summed E-state index contributed by atoms with van der Waals surface area (Å²) in [6.45, 7) is 0. The molecule has 0 N–H and O–H groups in total. The lowest BCUT2D eigenvalue weighted by Gasteiger charge is -2.45. The third-order valence-corrected chi connectivity index (χ3v) is 0. The standard InChI is InChI=1S/CH3Cl5S/c1-7(2,3,4,5)6/h1H3. The van der Waals surface area contributed by atoms with E-state index in [2.05, 4.69) is 0 Å². The molecule has 0 amide bonds. The molecule has 48 valence electrons. The van der Waals surface area contributed by atoms with E-state index in [0.717, 1.165) is 0 Å². The molecule has 0 aromatic carbocycles. The Balaban J connectivity index is 4.43. The minimum atomic E-state index is -4.11. The third-order valence-electron chi connectivity index (χ3n) is 0. The minimum absolute atomic E-state index is 1.17. The smallest absolute Gasteiger partial charge is 0.0200 e. The zero-order valence-corrected chi connectivity index (χ0v) is 7.89. The van der Waals surface area contributed by atoms with Crippen LogP contribution in [0.15, 0.2) is 0 Å². The first kappa shape index (κ1) is 8.80. The van der Waals surface area contributed by atoms with E-state index >= 15 is 0 Å². The molecule has 6 heteroatoms. The molecule has 0 aromatic heterocycles. The Morgan fingerprint density at radius 2 is 0.857 bits per heavy atom. The second-order valence-corrected chi connectivity index (χ2v) is 22.7. The summed E-state index contributed by atoms with van der Waals surface area (Å²) in [5.41, 5.74) is 0. The van der Waals surface area contributed by atoms with Crippen LogP contribution in [-0.4, -0.2) is 6.26 Å². The summed E-state index contributed by atoms with van der Waals surface area (Å²) < 4.78 is -4.11. The normalized spacial score (nSPS) is 23.1. The van der Waals surface area contributed by atoms with E-state index in [1.807, 2.05) is 0 Å². The van der Waals surface area contributed by atoms with Gasteiger partial charge in [0.25, 0.3) is 0 Å². The van der Waals surface area contributed by atoms with Crippen molar-refractivity contribution in [1.29, 1.82) is 0 Å². The van der Waals surface area contributed by atoms with Crippen molar-refractivity contribution in [2.75, 3.05) is 6.26 Å². The Hall–Kier alpha value is 1.80. The van der Waals surface area contributed by atoms with Crippen LogP contribution in [0.5, 0.6) is 0 Å². The van der Waals surface area contributed by atoms with Crippen LogP contribution in [-0.2, 0) is 0 Å². The van der Waals surface area contributed by atoms with Crippen molar-refractivity contribution < 1.29 is 0 Å². The molecule has 0 unspecified atom stereocenters. The van der Waals surface area contributed by atoms with Crippen molar-refractivity contribution in [3.63, 3.8) is 0 Å². The van der Waals surface area contributed by atoms with Gasteiger partial charge in [0.15, 0.2) is 0 Å². The molecule has 0 fully saturated rings. The molecule has 0 aliphatic carbocycles. The van der Waals surface area contributed by atoms with E-state index in [-0.39, 0.29) is 0 Å². The van der Waals surface area contributed by atoms with Gasteiger partial charge in [0.1, 0.15) is 0 Å². The predicted molar refractivity (Wildman–Crippen MR) is 42.8 cm³/mol. The molecule has 7 heavy (non-hydrogen) atoms. The molecule has 0 saturated heterocycles. The molecule has 0 radical (unpaired) electrons. The van der Waals surface area contributed by atoms with Crippen molar-refractivity contribution in [3.8, 4) is 0 Å². The van der Waals surface area contributed by atoms with E-state index in [1.165, 1.54) is 6.26 Å². The van der Waals surface area contributed by atoms with Crippen LogP contribution < -0.4 is 0 Å². The van der Waals surface area contributed by atoms with Gasteiger partial charge in [-0.05, 0) is 53.4 Å². The van der Waals surface area contributed by atoms with Gasteiger partial charge in [0.05, 0.1) is 0 Å². The fraction of sp³-hybridized carbons (Fsp3) is 1.00. The summed E-state index contributed by atoms with van der Waals surface area (Å²) >= 11 is 0. The van der Waals surface area contributed by atoms with E-state index in [0.29, 0.717) is 0 Å². The Morgan fingerprint density at radius 1 is 0.857 bits per heavy atom. The maximum Gasteiger partial charge on any atom is 0.0200 e. The molecule has 0 aliphatic rings. The quantitative estimate of drug-likeness (QED) is 0.576. The van der Waals surface area contributed by atoms with Gasteiger partial charge in [-0.3, -0.25) is 0 Å². The predicted octanol–water partition coefficient (Wildman–Crippen LogP) is 4.26. The van der Waals surface area contributed by atoms with Gasteiger partial charge in [-0.15, -0.1) is 0 Å². The Morgan fingerprint density at radius 3 is 0.857 bits per heavy atom. The van der Waals surface area contributed by atoms with Gasteiger partial charge in [-0.2, -0.15) is 0 Å². The molecule has 0 saturated carbocycles. The molecule has 0 nitrogen and oxygen atoms in total. The molecular weight excluding hydrogens is 221 g/mol. The second-order valence-electron chi connectivity index (χ2n) is 1.35. The van der Waals surface area contributed by atoms with Crippen molar-refractivity contribution in [1.82, 2.24) is 0 Å². The molecule has 0 bridgehead atoms. The fourth-order valence-corrected chi connectivity index (χ4v) is 0. The monoisotopic (exact) mass is 222 g/mol. The Bertz CT molecular complexity index is 66.6. The zero-order valence-electron chi connectivity index (χ0n) is 3.30. The summed E-state index contributed by atoms with van der Waals surface area (Å²) in [5, 5.41) is 0. The maximum absolute atomic E-state index is 5.22. The van der Waals surface area contributed by atoms with Gasteiger partial charge >= 0.3 is 0 Å². The van der Waals surface area contributed by atoms with Crippen molar-refractivity contribution in [3.05, 3.63) is 0 Å². The highest BCUT2D eigenvalue weighted by atomic mass is 36.6. The largest absolute Gasteiger partial charge is 0.0283 e. The minimum Gasteiger partial charge on any atom is -0.0283 e. The van der Waals surface area contributed by atoms with Crippen molar-refractivity contribution in [2.24, 2.45) is 0 Å². The summed E-state index contributed by atoms with van der Waals surface area (Å²) in [6.07, 6.45) is 1.17. The summed E-state index contributed by atoms with van der Waals surface area (Å²) in [6, 6.07) is 0. The second kappa shape index (κ2) is 1.28. The average Bonchev–Trinajstić information content (AvgIpc) is 0.592. The van der Waals surface area contributed by atoms with Crippen LogP contribution in [0.4, 0.5) is 0 Å². The average molecular weight is 224 g/mol. The van der Waals surface area contributed by atoms with Crippen LogP contribution in [0.2, 0.25) is 0 Å². The first-order valence-electron chi connectivity index (χ1n) is 1.18. The number of halogens is 5. The number of hydrogen-bond acceptors (Lipinski definition) is 0. The summed E-state index contributed by atoms with van der Waals surface area (Å²) in [7, 11) is 26.1. The zero-order chi connectivity index (χ0) is 6.41. The van der Waals surface area contributed by atoms with Gasteiger partial charge in [0.2, 0.25) is 0 Å². The van der Waals surface area contributed by atoms with Gasteiger partial charge in [0, 0.05) is 10.6 Å². The van der Waals surface area contributed by atoms with E-state index < -0.39 is 4.36 Å².